The van der Waals surface area contributed by atoms with Crippen LogP contribution in [0.5, 0.6) is 5.75 Å². The zero-order chi connectivity index (χ0) is 16.3. The summed E-state index contributed by atoms with van der Waals surface area (Å²) in [4.78, 5) is 14.6. The van der Waals surface area contributed by atoms with Gasteiger partial charge >= 0.3 is 0 Å². The fourth-order valence-corrected chi connectivity index (χ4v) is 3.43. The molecule has 3 rings (SSSR count). The molecule has 1 aromatic rings. The smallest absolute Gasteiger partial charge is 0.228 e. The summed E-state index contributed by atoms with van der Waals surface area (Å²) in [5, 5.41) is 6.44. The van der Waals surface area contributed by atoms with Crippen molar-refractivity contribution < 1.29 is 9.53 Å². The Labute approximate surface area is 138 Å². The van der Waals surface area contributed by atoms with E-state index in [4.69, 9.17) is 4.74 Å². The van der Waals surface area contributed by atoms with E-state index in [1.54, 1.807) is 0 Å². The molecule has 2 fully saturated rings. The molecule has 2 N–H and O–H groups in total. The van der Waals surface area contributed by atoms with Crippen LogP contribution in [-0.4, -0.2) is 51.1 Å². The van der Waals surface area contributed by atoms with Gasteiger partial charge in [-0.15, -0.1) is 0 Å². The Balaban J connectivity index is 1.53. The highest BCUT2D eigenvalue weighted by molar-refractivity contribution is 5.95. The van der Waals surface area contributed by atoms with Crippen molar-refractivity contribution in [1.82, 2.24) is 10.2 Å². The first kappa shape index (κ1) is 16.3. The molecule has 5 heteroatoms. The summed E-state index contributed by atoms with van der Waals surface area (Å²) in [5.41, 5.74) is 1.10. The topological polar surface area (TPSA) is 53.6 Å². The predicted molar refractivity (Wildman–Crippen MR) is 91.8 cm³/mol. The predicted octanol–water partition coefficient (Wildman–Crippen LogP) is 1.96. The highest BCUT2D eigenvalue weighted by Crippen LogP contribution is 2.58. The summed E-state index contributed by atoms with van der Waals surface area (Å²) >= 11 is 0. The second-order valence-electron chi connectivity index (χ2n) is 7.04. The maximum Gasteiger partial charge on any atom is 0.228 e. The van der Waals surface area contributed by atoms with Gasteiger partial charge in [-0.2, -0.15) is 0 Å². The molecular formula is C18H27N3O2. The summed E-state index contributed by atoms with van der Waals surface area (Å²) in [6.45, 7) is 3.59. The van der Waals surface area contributed by atoms with Gasteiger partial charge in [0.1, 0.15) is 12.4 Å². The van der Waals surface area contributed by atoms with Crippen LogP contribution in [0.25, 0.3) is 0 Å². The molecule has 0 bridgehead atoms. The number of likely N-dealkylation sites (N-methyl/N-ethyl adjacent to an activating group) is 1. The average Bonchev–Trinajstić information content (AvgIpc) is 3.21. The van der Waals surface area contributed by atoms with E-state index in [0.717, 1.165) is 50.3 Å². The van der Waals surface area contributed by atoms with Crippen molar-refractivity contribution in [2.24, 2.45) is 11.3 Å². The van der Waals surface area contributed by atoms with Crippen LogP contribution in [0.15, 0.2) is 24.3 Å². The van der Waals surface area contributed by atoms with E-state index in [1.165, 1.54) is 0 Å². The number of carbonyl (C=O) groups is 1. The first-order valence-electron chi connectivity index (χ1n) is 8.48. The van der Waals surface area contributed by atoms with Crippen molar-refractivity contribution in [2.45, 2.75) is 19.3 Å². The Bertz CT molecular complexity index is 553. The Morgan fingerprint density at radius 2 is 2.17 bits per heavy atom. The molecule has 1 unspecified atom stereocenters. The van der Waals surface area contributed by atoms with Crippen LogP contribution in [0.4, 0.5) is 5.69 Å². The third kappa shape index (κ3) is 4.03. The zero-order valence-corrected chi connectivity index (χ0v) is 14.1. The Morgan fingerprint density at radius 1 is 1.39 bits per heavy atom. The number of hydrogen-bond acceptors (Lipinski definition) is 4. The highest BCUT2D eigenvalue weighted by atomic mass is 16.5. The number of amides is 1. The van der Waals surface area contributed by atoms with Gasteiger partial charge in [-0.25, -0.2) is 0 Å². The molecule has 2 aliphatic rings. The quantitative estimate of drug-likeness (QED) is 0.842. The van der Waals surface area contributed by atoms with Gasteiger partial charge in [-0.3, -0.25) is 4.79 Å². The fourth-order valence-electron chi connectivity index (χ4n) is 3.43. The summed E-state index contributed by atoms with van der Waals surface area (Å²) in [7, 11) is 4.04. The molecule has 1 spiro atoms. The molecule has 0 radical (unpaired) electrons. The number of piperidine rings is 1. The van der Waals surface area contributed by atoms with Crippen molar-refractivity contribution in [1.29, 1.82) is 0 Å². The summed E-state index contributed by atoms with van der Waals surface area (Å²) in [6.07, 6.45) is 3.29. The minimum absolute atomic E-state index is 0.164. The van der Waals surface area contributed by atoms with Crippen molar-refractivity contribution >= 4 is 11.6 Å². The molecule has 1 amide bonds. The lowest BCUT2D eigenvalue weighted by molar-refractivity contribution is -0.118. The third-order valence-corrected chi connectivity index (χ3v) is 5.01. The summed E-state index contributed by atoms with van der Waals surface area (Å²) in [6, 6.07) is 7.68. The van der Waals surface area contributed by atoms with E-state index >= 15 is 0 Å². The van der Waals surface area contributed by atoms with Crippen molar-refractivity contribution in [3.63, 3.8) is 0 Å². The van der Waals surface area contributed by atoms with E-state index in [9.17, 15) is 4.79 Å². The van der Waals surface area contributed by atoms with Crippen LogP contribution in [0.3, 0.4) is 0 Å². The van der Waals surface area contributed by atoms with Gasteiger partial charge in [0.2, 0.25) is 5.91 Å². The van der Waals surface area contributed by atoms with E-state index < -0.39 is 0 Å². The maximum absolute atomic E-state index is 12.5. The number of benzene rings is 1. The molecule has 1 atom stereocenters. The minimum Gasteiger partial charge on any atom is -0.492 e. The molecule has 1 aromatic carbocycles. The molecule has 1 saturated heterocycles. The van der Waals surface area contributed by atoms with E-state index in [-0.39, 0.29) is 17.2 Å². The van der Waals surface area contributed by atoms with Gasteiger partial charge < -0.3 is 20.3 Å². The number of ether oxygens (including phenoxy) is 1. The van der Waals surface area contributed by atoms with Gasteiger partial charge in [0.05, 0.1) is 0 Å². The molecule has 126 valence electrons. The molecule has 1 aliphatic carbocycles. The highest BCUT2D eigenvalue weighted by Gasteiger charge is 2.57. The number of anilines is 1. The molecule has 5 nitrogen and oxygen atoms in total. The number of carbonyl (C=O) groups excluding carboxylic acids is 1. The second-order valence-corrected chi connectivity index (χ2v) is 7.04. The zero-order valence-electron chi connectivity index (χ0n) is 14.1. The van der Waals surface area contributed by atoms with Gasteiger partial charge in [0.15, 0.2) is 0 Å². The third-order valence-electron chi connectivity index (χ3n) is 5.01. The Kier molecular flexibility index (Phi) is 4.87. The molecule has 1 aliphatic heterocycles. The van der Waals surface area contributed by atoms with Crippen LogP contribution in [0, 0.1) is 11.3 Å². The monoisotopic (exact) mass is 317 g/mol. The van der Waals surface area contributed by atoms with Crippen LogP contribution < -0.4 is 15.4 Å². The van der Waals surface area contributed by atoms with E-state index in [0.29, 0.717) is 6.61 Å². The lowest BCUT2D eigenvalue weighted by Crippen LogP contribution is -2.31. The van der Waals surface area contributed by atoms with Crippen molar-refractivity contribution in [3.05, 3.63) is 24.3 Å². The van der Waals surface area contributed by atoms with E-state index in [1.807, 2.05) is 38.4 Å². The standard InChI is InChI=1S/C18H27N3O2/c1-21(2)10-11-23-15-5-3-4-14(12-15)20-17(22)16-13-18(16)6-8-19-9-7-18/h3-5,12,16,19H,6-11,13H2,1-2H3,(H,20,22). The fraction of sp³-hybridized carbons (Fsp3) is 0.611. The largest absolute Gasteiger partial charge is 0.492 e. The van der Waals surface area contributed by atoms with Crippen LogP contribution in [0.2, 0.25) is 0 Å². The number of nitrogens with one attached hydrogen (secondary N) is 2. The van der Waals surface area contributed by atoms with Gasteiger partial charge in [-0.1, -0.05) is 6.07 Å². The lowest BCUT2D eigenvalue weighted by atomic mass is 9.92. The van der Waals surface area contributed by atoms with E-state index in [2.05, 4.69) is 15.5 Å². The van der Waals surface area contributed by atoms with Crippen LogP contribution in [0.1, 0.15) is 19.3 Å². The van der Waals surface area contributed by atoms with Gasteiger partial charge in [0, 0.05) is 24.2 Å². The molecule has 0 aromatic heterocycles. The van der Waals surface area contributed by atoms with Crippen LogP contribution >= 0.6 is 0 Å². The number of nitrogens with zero attached hydrogens (tertiary/aromatic N) is 1. The molecule has 1 heterocycles. The number of hydrogen-bond donors (Lipinski definition) is 2. The molecular weight excluding hydrogens is 290 g/mol. The molecule has 1 saturated carbocycles. The normalized spacial score (nSPS) is 22.1. The number of rotatable bonds is 6. The van der Waals surface area contributed by atoms with Gasteiger partial charge in [-0.05, 0) is 64.0 Å². The first-order chi connectivity index (χ1) is 11.1. The van der Waals surface area contributed by atoms with Crippen molar-refractivity contribution in [2.75, 3.05) is 45.7 Å². The lowest BCUT2D eigenvalue weighted by Gasteiger charge is -2.23. The minimum atomic E-state index is 0.164. The van der Waals surface area contributed by atoms with Gasteiger partial charge in [0.25, 0.3) is 0 Å². The Hall–Kier alpha value is -1.59. The average molecular weight is 317 g/mol. The van der Waals surface area contributed by atoms with Crippen molar-refractivity contribution in [3.8, 4) is 5.75 Å². The Morgan fingerprint density at radius 3 is 2.91 bits per heavy atom. The maximum atomic E-state index is 12.5. The molecule has 23 heavy (non-hydrogen) atoms. The summed E-state index contributed by atoms with van der Waals surface area (Å²) < 4.78 is 5.72. The second kappa shape index (κ2) is 6.89. The summed E-state index contributed by atoms with van der Waals surface area (Å²) in [5.74, 6) is 1.15. The SMILES string of the molecule is CN(C)CCOc1cccc(NC(=O)C2CC23CCNCC3)c1. The van der Waals surface area contributed by atoms with Crippen LogP contribution in [-0.2, 0) is 4.79 Å². The first-order valence-corrected chi connectivity index (χ1v) is 8.48.